The number of nitrogens with two attached hydrogens (primary N) is 1. The maximum absolute atomic E-state index is 12.2. The Morgan fingerprint density at radius 1 is 1.52 bits per heavy atom. The van der Waals surface area contributed by atoms with Crippen LogP contribution in [0.25, 0.3) is 0 Å². The number of benzene rings is 1. The number of hydrogen-bond donors (Lipinski definition) is 2. The SMILES string of the molecule is Cc1c(Br)cc(S(N)(=O)=O)cc1C(=O)NCC1CCCO1. The zero-order valence-corrected chi connectivity index (χ0v) is 14.0. The van der Waals surface area contributed by atoms with Crippen molar-refractivity contribution in [2.75, 3.05) is 13.2 Å². The van der Waals surface area contributed by atoms with E-state index in [1.807, 2.05) is 0 Å². The van der Waals surface area contributed by atoms with Crippen LogP contribution in [0.5, 0.6) is 0 Å². The number of sulfonamides is 1. The molecule has 116 valence electrons. The highest BCUT2D eigenvalue weighted by molar-refractivity contribution is 9.10. The average molecular weight is 377 g/mol. The van der Waals surface area contributed by atoms with E-state index < -0.39 is 10.0 Å². The maximum atomic E-state index is 12.2. The van der Waals surface area contributed by atoms with Gasteiger partial charge in [-0.2, -0.15) is 0 Å². The molecule has 1 unspecified atom stereocenters. The molecular formula is C13H17BrN2O4S. The number of ether oxygens (including phenoxy) is 1. The number of carbonyl (C=O) groups is 1. The molecule has 0 radical (unpaired) electrons. The lowest BCUT2D eigenvalue weighted by molar-refractivity contribution is 0.0857. The monoisotopic (exact) mass is 376 g/mol. The third-order valence-corrected chi connectivity index (χ3v) is 5.12. The lowest BCUT2D eigenvalue weighted by Crippen LogP contribution is -2.32. The van der Waals surface area contributed by atoms with Gasteiger partial charge < -0.3 is 10.1 Å². The van der Waals surface area contributed by atoms with Gasteiger partial charge in [-0.05, 0) is 37.5 Å². The fourth-order valence-corrected chi connectivity index (χ4v) is 3.34. The molecule has 1 fully saturated rings. The number of halogens is 1. The van der Waals surface area contributed by atoms with Crippen LogP contribution in [0.4, 0.5) is 0 Å². The van der Waals surface area contributed by atoms with Gasteiger partial charge in [-0.25, -0.2) is 13.6 Å². The molecule has 3 N–H and O–H groups in total. The second-order valence-corrected chi connectivity index (χ2v) is 7.38. The van der Waals surface area contributed by atoms with Crippen molar-refractivity contribution < 1.29 is 17.9 Å². The fourth-order valence-electron chi connectivity index (χ4n) is 2.16. The fraction of sp³-hybridized carbons (Fsp3) is 0.462. The minimum atomic E-state index is -3.86. The van der Waals surface area contributed by atoms with E-state index in [1.165, 1.54) is 12.1 Å². The molecule has 0 saturated carbocycles. The van der Waals surface area contributed by atoms with Crippen molar-refractivity contribution in [2.45, 2.75) is 30.8 Å². The normalized spacial score (nSPS) is 18.7. The molecule has 1 aromatic carbocycles. The highest BCUT2D eigenvalue weighted by Crippen LogP contribution is 2.24. The van der Waals surface area contributed by atoms with Crippen LogP contribution in [0.2, 0.25) is 0 Å². The molecular weight excluding hydrogens is 360 g/mol. The van der Waals surface area contributed by atoms with Crippen LogP contribution < -0.4 is 10.5 Å². The van der Waals surface area contributed by atoms with E-state index in [2.05, 4.69) is 21.2 Å². The summed E-state index contributed by atoms with van der Waals surface area (Å²) in [5, 5.41) is 7.89. The Kier molecular flexibility index (Phi) is 5.03. The Morgan fingerprint density at radius 2 is 2.24 bits per heavy atom. The van der Waals surface area contributed by atoms with Gasteiger partial charge in [-0.15, -0.1) is 0 Å². The van der Waals surface area contributed by atoms with Gasteiger partial charge in [-0.1, -0.05) is 15.9 Å². The summed E-state index contributed by atoms with van der Waals surface area (Å²) in [4.78, 5) is 12.1. The molecule has 1 saturated heterocycles. The second-order valence-electron chi connectivity index (χ2n) is 4.97. The van der Waals surface area contributed by atoms with Gasteiger partial charge in [-0.3, -0.25) is 4.79 Å². The molecule has 1 aliphatic rings. The van der Waals surface area contributed by atoms with Gasteiger partial charge in [0, 0.05) is 23.2 Å². The van der Waals surface area contributed by atoms with Crippen molar-refractivity contribution in [1.82, 2.24) is 5.32 Å². The molecule has 0 spiro atoms. The standard InChI is InChI=1S/C13H17BrN2O4S/c1-8-11(5-10(6-12(8)14)21(15,18)19)13(17)16-7-9-3-2-4-20-9/h5-6,9H,2-4,7H2,1H3,(H,16,17)(H2,15,18,19). The summed E-state index contributed by atoms with van der Waals surface area (Å²) in [5.41, 5.74) is 0.943. The highest BCUT2D eigenvalue weighted by atomic mass is 79.9. The molecule has 0 bridgehead atoms. The lowest BCUT2D eigenvalue weighted by atomic mass is 10.1. The third kappa shape index (κ3) is 4.03. The van der Waals surface area contributed by atoms with E-state index in [-0.39, 0.29) is 22.5 Å². The number of carbonyl (C=O) groups excluding carboxylic acids is 1. The summed E-state index contributed by atoms with van der Waals surface area (Å²) in [6.07, 6.45) is 1.94. The molecule has 1 aromatic rings. The Labute approximate surface area is 132 Å². The predicted octanol–water partition coefficient (Wildman–Crippen LogP) is 1.31. The second kappa shape index (κ2) is 6.43. The van der Waals surface area contributed by atoms with Crippen LogP contribution in [0.15, 0.2) is 21.5 Å². The summed E-state index contributed by atoms with van der Waals surface area (Å²) in [5.74, 6) is -0.339. The smallest absolute Gasteiger partial charge is 0.251 e. The van der Waals surface area contributed by atoms with Crippen LogP contribution in [0.1, 0.15) is 28.8 Å². The summed E-state index contributed by atoms with van der Waals surface area (Å²) < 4.78 is 28.8. The van der Waals surface area contributed by atoms with Crippen LogP contribution in [0, 0.1) is 6.92 Å². The first-order chi connectivity index (χ1) is 9.79. The van der Waals surface area contributed by atoms with Crippen molar-refractivity contribution in [3.63, 3.8) is 0 Å². The molecule has 1 atom stereocenters. The topological polar surface area (TPSA) is 98.5 Å². The Morgan fingerprint density at radius 3 is 2.81 bits per heavy atom. The molecule has 8 heteroatoms. The average Bonchev–Trinajstić information content (AvgIpc) is 2.91. The number of primary sulfonamides is 1. The van der Waals surface area contributed by atoms with Crippen molar-refractivity contribution >= 4 is 31.9 Å². The maximum Gasteiger partial charge on any atom is 0.251 e. The first-order valence-corrected chi connectivity index (χ1v) is 8.85. The van der Waals surface area contributed by atoms with Gasteiger partial charge in [0.25, 0.3) is 5.91 Å². The molecule has 1 aliphatic heterocycles. The van der Waals surface area contributed by atoms with Crippen molar-refractivity contribution in [2.24, 2.45) is 5.14 Å². The van der Waals surface area contributed by atoms with Crippen LogP contribution >= 0.6 is 15.9 Å². The Hall–Kier alpha value is -0.960. The van der Waals surface area contributed by atoms with E-state index in [1.54, 1.807) is 6.92 Å². The van der Waals surface area contributed by atoms with Crippen LogP contribution in [0.3, 0.4) is 0 Å². The zero-order valence-electron chi connectivity index (χ0n) is 11.6. The summed E-state index contributed by atoms with van der Waals surface area (Å²) in [7, 11) is -3.86. The van der Waals surface area contributed by atoms with E-state index >= 15 is 0 Å². The molecule has 2 rings (SSSR count). The van der Waals surface area contributed by atoms with Crippen LogP contribution in [-0.4, -0.2) is 33.6 Å². The number of nitrogens with one attached hydrogen (secondary N) is 1. The third-order valence-electron chi connectivity index (χ3n) is 3.41. The molecule has 6 nitrogen and oxygen atoms in total. The lowest BCUT2D eigenvalue weighted by Gasteiger charge is -2.13. The molecule has 0 aromatic heterocycles. The summed E-state index contributed by atoms with van der Waals surface area (Å²) >= 11 is 3.25. The first-order valence-electron chi connectivity index (χ1n) is 6.52. The molecule has 21 heavy (non-hydrogen) atoms. The largest absolute Gasteiger partial charge is 0.376 e. The minimum absolute atomic E-state index is 0.0270. The van der Waals surface area contributed by atoms with Crippen LogP contribution in [-0.2, 0) is 14.8 Å². The van der Waals surface area contributed by atoms with Gasteiger partial charge in [0.2, 0.25) is 10.0 Å². The molecule has 0 aliphatic carbocycles. The van der Waals surface area contributed by atoms with E-state index in [0.717, 1.165) is 12.8 Å². The summed E-state index contributed by atoms with van der Waals surface area (Å²) in [6.45, 7) is 2.86. The molecule has 1 heterocycles. The van der Waals surface area contributed by atoms with Gasteiger partial charge in [0.05, 0.1) is 11.0 Å². The highest BCUT2D eigenvalue weighted by Gasteiger charge is 2.20. The molecule has 1 amide bonds. The number of amides is 1. The van der Waals surface area contributed by atoms with E-state index in [0.29, 0.717) is 23.2 Å². The van der Waals surface area contributed by atoms with Crippen molar-refractivity contribution in [3.05, 3.63) is 27.7 Å². The zero-order chi connectivity index (χ0) is 15.6. The van der Waals surface area contributed by atoms with E-state index in [4.69, 9.17) is 9.88 Å². The Balaban J connectivity index is 2.21. The minimum Gasteiger partial charge on any atom is -0.376 e. The first kappa shape index (κ1) is 16.4. The van der Waals surface area contributed by atoms with E-state index in [9.17, 15) is 13.2 Å². The summed E-state index contributed by atoms with van der Waals surface area (Å²) in [6, 6.07) is 2.68. The number of rotatable bonds is 4. The predicted molar refractivity (Wildman–Crippen MR) is 81.6 cm³/mol. The van der Waals surface area contributed by atoms with Crippen molar-refractivity contribution in [1.29, 1.82) is 0 Å². The Bertz CT molecular complexity index is 654. The number of hydrogen-bond acceptors (Lipinski definition) is 4. The van der Waals surface area contributed by atoms with Gasteiger partial charge in [0.1, 0.15) is 0 Å². The quantitative estimate of drug-likeness (QED) is 0.827. The van der Waals surface area contributed by atoms with Crippen molar-refractivity contribution in [3.8, 4) is 0 Å². The van der Waals surface area contributed by atoms with Gasteiger partial charge in [0.15, 0.2) is 0 Å². The van der Waals surface area contributed by atoms with Gasteiger partial charge >= 0.3 is 0 Å².